The molecule has 0 aromatic heterocycles. The molecule has 0 bridgehead atoms. The normalized spacial score (nSPS) is 16.3. The van der Waals surface area contributed by atoms with Gasteiger partial charge in [0.05, 0.1) is 6.61 Å². The molecule has 0 unspecified atom stereocenters. The van der Waals surface area contributed by atoms with Gasteiger partial charge in [0, 0.05) is 6.54 Å². The molecular weight excluding hydrogens is 224 g/mol. The fourth-order valence-corrected chi connectivity index (χ4v) is 2.50. The molecule has 0 radical (unpaired) electrons. The lowest BCUT2D eigenvalue weighted by atomic mass is 10.1. The molecule has 18 heavy (non-hydrogen) atoms. The number of benzene rings is 1. The highest BCUT2D eigenvalue weighted by molar-refractivity contribution is 5.22. The molecule has 1 aromatic rings. The van der Waals surface area contributed by atoms with Crippen molar-refractivity contribution in [2.75, 3.05) is 26.2 Å². The number of hydrogen-bond donors (Lipinski definition) is 2. The number of nitrogens with zero attached hydrogens (tertiary/aromatic N) is 1. The van der Waals surface area contributed by atoms with E-state index in [1.54, 1.807) is 0 Å². The van der Waals surface area contributed by atoms with E-state index in [-0.39, 0.29) is 6.61 Å². The Morgan fingerprint density at radius 3 is 2.72 bits per heavy atom. The Kier molecular flexibility index (Phi) is 5.65. The first kappa shape index (κ1) is 13.5. The van der Waals surface area contributed by atoms with Crippen molar-refractivity contribution < 1.29 is 5.11 Å². The molecule has 1 saturated heterocycles. The number of aliphatic hydroxyl groups is 1. The van der Waals surface area contributed by atoms with Crippen LogP contribution in [0, 0.1) is 0 Å². The van der Waals surface area contributed by atoms with E-state index in [4.69, 9.17) is 5.11 Å². The first-order valence-corrected chi connectivity index (χ1v) is 7.00. The van der Waals surface area contributed by atoms with E-state index < -0.39 is 0 Å². The number of rotatable bonds is 7. The zero-order valence-electron chi connectivity index (χ0n) is 11.1. The Morgan fingerprint density at radius 2 is 1.94 bits per heavy atom. The highest BCUT2D eigenvalue weighted by Crippen LogP contribution is 2.07. The van der Waals surface area contributed by atoms with Crippen LogP contribution in [0.3, 0.4) is 0 Å². The van der Waals surface area contributed by atoms with Gasteiger partial charge in [0.2, 0.25) is 0 Å². The lowest BCUT2D eigenvalue weighted by molar-refractivity contribution is 0.281. The zero-order chi connectivity index (χ0) is 12.6. The predicted molar refractivity (Wildman–Crippen MR) is 74.4 cm³/mol. The maximum absolute atomic E-state index is 9.07. The van der Waals surface area contributed by atoms with Gasteiger partial charge in [-0.25, -0.2) is 0 Å². The topological polar surface area (TPSA) is 35.5 Å². The third-order valence-corrected chi connectivity index (χ3v) is 3.53. The molecule has 3 heteroatoms. The van der Waals surface area contributed by atoms with Gasteiger partial charge < -0.3 is 15.3 Å². The molecule has 1 aromatic carbocycles. The molecule has 1 aliphatic rings. The van der Waals surface area contributed by atoms with Crippen LogP contribution in [-0.4, -0.2) is 36.2 Å². The standard InChI is InChI=1S/C15H24N2O/c18-13-15-6-3-5-14(11-15)12-16-7-4-10-17-8-1-2-9-17/h3,5-6,11,16,18H,1-2,4,7-10,12-13H2. The van der Waals surface area contributed by atoms with Gasteiger partial charge in [-0.2, -0.15) is 0 Å². The van der Waals surface area contributed by atoms with Crippen molar-refractivity contribution >= 4 is 0 Å². The summed E-state index contributed by atoms with van der Waals surface area (Å²) in [6.07, 6.45) is 3.97. The Labute approximate surface area is 110 Å². The largest absolute Gasteiger partial charge is 0.392 e. The van der Waals surface area contributed by atoms with Crippen molar-refractivity contribution in [3.05, 3.63) is 35.4 Å². The van der Waals surface area contributed by atoms with E-state index in [2.05, 4.69) is 22.3 Å². The summed E-state index contributed by atoms with van der Waals surface area (Å²) >= 11 is 0. The summed E-state index contributed by atoms with van der Waals surface area (Å²) in [6.45, 7) is 5.90. The summed E-state index contributed by atoms with van der Waals surface area (Å²) < 4.78 is 0. The number of aliphatic hydroxyl groups excluding tert-OH is 1. The lowest BCUT2D eigenvalue weighted by Crippen LogP contribution is -2.24. The van der Waals surface area contributed by atoms with Crippen LogP contribution >= 0.6 is 0 Å². The molecule has 2 N–H and O–H groups in total. The van der Waals surface area contributed by atoms with Crippen LogP contribution in [0.25, 0.3) is 0 Å². The van der Waals surface area contributed by atoms with Crippen LogP contribution in [0.2, 0.25) is 0 Å². The van der Waals surface area contributed by atoms with Crippen LogP contribution in [0.5, 0.6) is 0 Å². The van der Waals surface area contributed by atoms with Gasteiger partial charge >= 0.3 is 0 Å². The smallest absolute Gasteiger partial charge is 0.0681 e. The highest BCUT2D eigenvalue weighted by Gasteiger charge is 2.09. The maximum Gasteiger partial charge on any atom is 0.0681 e. The number of hydrogen-bond acceptors (Lipinski definition) is 3. The summed E-state index contributed by atoms with van der Waals surface area (Å²) in [4.78, 5) is 2.55. The van der Waals surface area contributed by atoms with Crippen molar-refractivity contribution in [3.8, 4) is 0 Å². The molecule has 0 saturated carbocycles. The second-order valence-electron chi connectivity index (χ2n) is 5.06. The van der Waals surface area contributed by atoms with Gasteiger partial charge in [-0.05, 0) is 56.6 Å². The summed E-state index contributed by atoms with van der Waals surface area (Å²) in [6, 6.07) is 8.13. The van der Waals surface area contributed by atoms with Crippen molar-refractivity contribution in [2.24, 2.45) is 0 Å². The summed E-state index contributed by atoms with van der Waals surface area (Å²) in [5, 5.41) is 12.5. The highest BCUT2D eigenvalue weighted by atomic mass is 16.3. The molecule has 0 amide bonds. The Morgan fingerprint density at radius 1 is 1.17 bits per heavy atom. The molecule has 0 atom stereocenters. The second-order valence-corrected chi connectivity index (χ2v) is 5.06. The molecule has 1 fully saturated rings. The van der Waals surface area contributed by atoms with Crippen molar-refractivity contribution in [1.82, 2.24) is 10.2 Å². The van der Waals surface area contributed by atoms with E-state index in [0.29, 0.717) is 0 Å². The van der Waals surface area contributed by atoms with Crippen molar-refractivity contribution in [3.63, 3.8) is 0 Å². The fraction of sp³-hybridized carbons (Fsp3) is 0.600. The maximum atomic E-state index is 9.07. The molecule has 0 aliphatic carbocycles. The van der Waals surface area contributed by atoms with Crippen LogP contribution in [0.1, 0.15) is 30.4 Å². The summed E-state index contributed by atoms with van der Waals surface area (Å²) in [7, 11) is 0. The minimum Gasteiger partial charge on any atom is -0.392 e. The molecule has 1 heterocycles. The van der Waals surface area contributed by atoms with E-state index in [1.807, 2.05) is 12.1 Å². The van der Waals surface area contributed by atoms with E-state index >= 15 is 0 Å². The summed E-state index contributed by atoms with van der Waals surface area (Å²) in [5.41, 5.74) is 2.24. The van der Waals surface area contributed by atoms with Crippen molar-refractivity contribution in [2.45, 2.75) is 32.4 Å². The molecular formula is C15H24N2O. The van der Waals surface area contributed by atoms with E-state index in [9.17, 15) is 0 Å². The van der Waals surface area contributed by atoms with Gasteiger partial charge in [-0.3, -0.25) is 0 Å². The van der Waals surface area contributed by atoms with Gasteiger partial charge in [0.1, 0.15) is 0 Å². The number of likely N-dealkylation sites (tertiary alicyclic amines) is 1. The average molecular weight is 248 g/mol. The van der Waals surface area contributed by atoms with Crippen molar-refractivity contribution in [1.29, 1.82) is 0 Å². The zero-order valence-corrected chi connectivity index (χ0v) is 11.1. The van der Waals surface area contributed by atoms with Crippen LogP contribution < -0.4 is 5.32 Å². The minimum atomic E-state index is 0.128. The predicted octanol–water partition coefficient (Wildman–Crippen LogP) is 1.75. The monoisotopic (exact) mass is 248 g/mol. The number of nitrogens with one attached hydrogen (secondary N) is 1. The van der Waals surface area contributed by atoms with E-state index in [0.717, 1.165) is 18.7 Å². The van der Waals surface area contributed by atoms with Gasteiger partial charge in [0.25, 0.3) is 0 Å². The molecule has 100 valence electrons. The first-order chi connectivity index (χ1) is 8.88. The lowest BCUT2D eigenvalue weighted by Gasteiger charge is -2.14. The van der Waals surface area contributed by atoms with Crippen LogP contribution in [0.4, 0.5) is 0 Å². The molecule has 3 nitrogen and oxygen atoms in total. The van der Waals surface area contributed by atoms with Gasteiger partial charge in [0.15, 0.2) is 0 Å². The second kappa shape index (κ2) is 7.52. The molecule has 1 aliphatic heterocycles. The Hall–Kier alpha value is -0.900. The SMILES string of the molecule is OCc1cccc(CNCCCN2CCCC2)c1. The van der Waals surface area contributed by atoms with Gasteiger partial charge in [-0.15, -0.1) is 0 Å². The molecule has 2 rings (SSSR count). The van der Waals surface area contributed by atoms with Crippen LogP contribution in [0.15, 0.2) is 24.3 Å². The third kappa shape index (κ3) is 4.41. The minimum absolute atomic E-state index is 0.128. The van der Waals surface area contributed by atoms with Crippen LogP contribution in [-0.2, 0) is 13.2 Å². The third-order valence-electron chi connectivity index (χ3n) is 3.53. The Balaban J connectivity index is 1.59. The summed E-state index contributed by atoms with van der Waals surface area (Å²) in [5.74, 6) is 0. The van der Waals surface area contributed by atoms with E-state index in [1.165, 1.54) is 44.5 Å². The Bertz CT molecular complexity index is 348. The quantitative estimate of drug-likeness (QED) is 0.722. The molecule has 0 spiro atoms. The average Bonchev–Trinajstić information content (AvgIpc) is 2.92. The fourth-order valence-electron chi connectivity index (χ4n) is 2.50. The van der Waals surface area contributed by atoms with Gasteiger partial charge in [-0.1, -0.05) is 24.3 Å². The first-order valence-electron chi connectivity index (χ1n) is 7.00.